The summed E-state index contributed by atoms with van der Waals surface area (Å²) in [6.45, 7) is 4.16. The van der Waals surface area contributed by atoms with Crippen LogP contribution in [0, 0.1) is 0 Å². The highest BCUT2D eigenvalue weighted by Crippen LogP contribution is 2.38. The van der Waals surface area contributed by atoms with Crippen LogP contribution in [-0.4, -0.2) is 17.6 Å². The van der Waals surface area contributed by atoms with Crippen molar-refractivity contribution < 1.29 is 9.59 Å². The van der Waals surface area contributed by atoms with Gasteiger partial charge in [-0.1, -0.05) is 62.7 Å². The van der Waals surface area contributed by atoms with Gasteiger partial charge in [0, 0.05) is 0 Å². The zero-order chi connectivity index (χ0) is 18.5. The van der Waals surface area contributed by atoms with Crippen LogP contribution >= 0.6 is 11.8 Å². The molecule has 0 fully saturated rings. The van der Waals surface area contributed by atoms with Gasteiger partial charge in [0.15, 0.2) is 0 Å². The van der Waals surface area contributed by atoms with Crippen LogP contribution < -0.4 is 4.90 Å². The third-order valence-electron chi connectivity index (χ3n) is 4.41. The second-order valence-corrected chi connectivity index (χ2v) is 7.49. The Hall–Kier alpha value is -2.33. The van der Waals surface area contributed by atoms with Crippen LogP contribution in [0.2, 0.25) is 0 Å². The number of hydrogen-bond acceptors (Lipinski definition) is 3. The predicted octanol–water partition coefficient (Wildman–Crippen LogP) is 5.07. The molecule has 0 radical (unpaired) electrons. The quantitative estimate of drug-likeness (QED) is 0.643. The minimum absolute atomic E-state index is 0.220. The first kappa shape index (κ1) is 18.5. The van der Waals surface area contributed by atoms with Crippen LogP contribution in [0.1, 0.15) is 37.8 Å². The molecule has 0 aliphatic carbocycles. The molecule has 3 nitrogen and oxygen atoms in total. The second kappa shape index (κ2) is 8.37. The van der Waals surface area contributed by atoms with Gasteiger partial charge in [0.1, 0.15) is 0 Å². The van der Waals surface area contributed by atoms with Crippen LogP contribution in [-0.2, 0) is 16.0 Å². The number of rotatable bonds is 7. The normalized spacial score (nSPS) is 14.5. The molecule has 1 heterocycles. The summed E-state index contributed by atoms with van der Waals surface area (Å²) in [6, 6.07) is 17.2. The molecule has 0 saturated heterocycles. The summed E-state index contributed by atoms with van der Waals surface area (Å²) < 4.78 is 0. The smallest absolute Gasteiger partial charge is 0.268 e. The van der Waals surface area contributed by atoms with Crippen molar-refractivity contribution in [2.45, 2.75) is 33.1 Å². The zero-order valence-electron chi connectivity index (χ0n) is 15.2. The molecule has 1 aliphatic heterocycles. The highest BCUT2D eigenvalue weighted by molar-refractivity contribution is 8.04. The first-order valence-corrected chi connectivity index (χ1v) is 10.1. The van der Waals surface area contributed by atoms with Crippen molar-refractivity contribution >= 4 is 34.8 Å². The van der Waals surface area contributed by atoms with Crippen molar-refractivity contribution in [3.8, 4) is 0 Å². The molecule has 0 N–H and O–H groups in total. The number of amides is 2. The lowest BCUT2D eigenvalue weighted by molar-refractivity contribution is -0.119. The second-order valence-electron chi connectivity index (χ2n) is 6.22. The Morgan fingerprint density at radius 2 is 1.58 bits per heavy atom. The van der Waals surface area contributed by atoms with E-state index in [1.165, 1.54) is 22.2 Å². The molecule has 0 atom stereocenters. The third-order valence-corrected chi connectivity index (χ3v) is 5.36. The number of nitrogens with zero attached hydrogens (tertiary/aromatic N) is 1. The van der Waals surface area contributed by atoms with E-state index in [0.29, 0.717) is 16.2 Å². The van der Waals surface area contributed by atoms with Gasteiger partial charge in [-0.25, -0.2) is 4.90 Å². The van der Waals surface area contributed by atoms with E-state index in [0.717, 1.165) is 30.6 Å². The number of carbonyl (C=O) groups excluding carboxylic acids is 2. The van der Waals surface area contributed by atoms with E-state index in [9.17, 15) is 9.59 Å². The van der Waals surface area contributed by atoms with Gasteiger partial charge in [0.2, 0.25) is 0 Å². The van der Waals surface area contributed by atoms with Crippen LogP contribution in [0.4, 0.5) is 5.69 Å². The summed E-state index contributed by atoms with van der Waals surface area (Å²) >= 11 is 1.43. The molecule has 0 saturated carbocycles. The highest BCUT2D eigenvalue weighted by atomic mass is 32.2. The summed E-state index contributed by atoms with van der Waals surface area (Å²) in [5, 5.41) is 0. The van der Waals surface area contributed by atoms with E-state index in [1.54, 1.807) is 0 Å². The average molecular weight is 365 g/mol. The number of thioether (sulfide) groups is 1. The summed E-state index contributed by atoms with van der Waals surface area (Å²) in [4.78, 5) is 27.9. The van der Waals surface area contributed by atoms with Crippen LogP contribution in [0.25, 0.3) is 5.57 Å². The molecule has 134 valence electrons. The number of hydrogen-bond donors (Lipinski definition) is 0. The first-order valence-electron chi connectivity index (χ1n) is 9.07. The van der Waals surface area contributed by atoms with Crippen molar-refractivity contribution in [1.82, 2.24) is 0 Å². The number of aryl methyl sites for hydroxylation is 1. The summed E-state index contributed by atoms with van der Waals surface area (Å²) in [5.41, 5.74) is 3.18. The maximum Gasteiger partial charge on any atom is 0.272 e. The lowest BCUT2D eigenvalue weighted by Gasteiger charge is -2.15. The third kappa shape index (κ3) is 3.61. The summed E-state index contributed by atoms with van der Waals surface area (Å²) in [6.07, 6.45) is 3.30. The molecule has 2 amide bonds. The van der Waals surface area contributed by atoms with Gasteiger partial charge in [0.25, 0.3) is 11.8 Å². The van der Waals surface area contributed by atoms with Gasteiger partial charge in [0.05, 0.1) is 16.2 Å². The minimum Gasteiger partial charge on any atom is -0.268 e. The van der Waals surface area contributed by atoms with Crippen molar-refractivity contribution in [3.63, 3.8) is 0 Å². The average Bonchev–Trinajstić information content (AvgIpc) is 2.92. The topological polar surface area (TPSA) is 37.4 Å². The van der Waals surface area contributed by atoms with Gasteiger partial charge in [-0.05, 0) is 41.9 Å². The van der Waals surface area contributed by atoms with Crippen LogP contribution in [0.5, 0.6) is 0 Å². The number of anilines is 1. The number of imide groups is 1. The van der Waals surface area contributed by atoms with E-state index < -0.39 is 0 Å². The SMILES string of the molecule is CCCCc1ccc(N2C(=O)C(SCC)=C(c3ccccc3)C2=O)cc1. The Morgan fingerprint density at radius 3 is 2.19 bits per heavy atom. The molecule has 2 aromatic rings. The summed E-state index contributed by atoms with van der Waals surface area (Å²) in [7, 11) is 0. The fourth-order valence-corrected chi connectivity index (χ4v) is 3.93. The van der Waals surface area contributed by atoms with Crippen molar-refractivity contribution in [2.24, 2.45) is 0 Å². The Balaban J connectivity index is 1.94. The van der Waals surface area contributed by atoms with E-state index in [-0.39, 0.29) is 11.8 Å². The maximum atomic E-state index is 13.1. The minimum atomic E-state index is -0.238. The first-order chi connectivity index (χ1) is 12.7. The Bertz CT molecular complexity index is 825. The van der Waals surface area contributed by atoms with Gasteiger partial charge >= 0.3 is 0 Å². The maximum absolute atomic E-state index is 13.1. The van der Waals surface area contributed by atoms with E-state index in [4.69, 9.17) is 0 Å². The Kier molecular flexibility index (Phi) is 5.94. The fourth-order valence-electron chi connectivity index (χ4n) is 3.07. The van der Waals surface area contributed by atoms with Crippen molar-refractivity contribution in [2.75, 3.05) is 10.7 Å². The van der Waals surface area contributed by atoms with Gasteiger partial charge in [-0.15, -0.1) is 11.8 Å². The van der Waals surface area contributed by atoms with Crippen molar-refractivity contribution in [1.29, 1.82) is 0 Å². The molecule has 0 aromatic heterocycles. The molecule has 0 bridgehead atoms. The molecule has 3 rings (SSSR count). The van der Waals surface area contributed by atoms with Gasteiger partial charge < -0.3 is 0 Å². The van der Waals surface area contributed by atoms with E-state index in [1.807, 2.05) is 61.5 Å². The molecule has 26 heavy (non-hydrogen) atoms. The molecular weight excluding hydrogens is 342 g/mol. The van der Waals surface area contributed by atoms with E-state index >= 15 is 0 Å². The lowest BCUT2D eigenvalue weighted by atomic mass is 10.1. The van der Waals surface area contributed by atoms with E-state index in [2.05, 4.69) is 6.92 Å². The summed E-state index contributed by atoms with van der Waals surface area (Å²) in [5.74, 6) is 0.287. The number of carbonyl (C=O) groups is 2. The number of benzene rings is 2. The molecule has 2 aromatic carbocycles. The molecule has 1 aliphatic rings. The molecule has 4 heteroatoms. The Labute approximate surface area is 159 Å². The van der Waals surface area contributed by atoms with Gasteiger partial charge in [-0.2, -0.15) is 0 Å². The molecular formula is C22H23NO2S. The lowest BCUT2D eigenvalue weighted by Crippen LogP contribution is -2.31. The highest BCUT2D eigenvalue weighted by Gasteiger charge is 2.39. The van der Waals surface area contributed by atoms with Crippen LogP contribution in [0.15, 0.2) is 59.5 Å². The molecule has 0 unspecified atom stereocenters. The van der Waals surface area contributed by atoms with Gasteiger partial charge in [-0.3, -0.25) is 9.59 Å². The zero-order valence-corrected chi connectivity index (χ0v) is 16.0. The predicted molar refractivity (Wildman–Crippen MR) is 109 cm³/mol. The Morgan fingerprint density at radius 1 is 0.885 bits per heavy atom. The largest absolute Gasteiger partial charge is 0.272 e. The van der Waals surface area contributed by atoms with Crippen molar-refractivity contribution in [3.05, 3.63) is 70.6 Å². The number of unbranched alkanes of at least 4 members (excludes halogenated alkanes) is 1. The standard InChI is InChI=1S/C22H23NO2S/c1-3-5-9-16-12-14-18(15-13-16)23-21(24)19(17-10-7-6-8-11-17)20(22(23)25)26-4-2/h6-8,10-15H,3-5,9H2,1-2H3. The molecule has 0 spiro atoms. The monoisotopic (exact) mass is 365 g/mol. The van der Waals surface area contributed by atoms with Crippen LogP contribution in [0.3, 0.4) is 0 Å². The fraction of sp³-hybridized carbons (Fsp3) is 0.273.